The maximum absolute atomic E-state index is 11.4. The normalized spacial score (nSPS) is 13.6. The highest BCUT2D eigenvalue weighted by molar-refractivity contribution is 9.10. The smallest absolute Gasteiger partial charge is 0.337 e. The number of benzene rings is 2. The van der Waals surface area contributed by atoms with E-state index in [1.807, 2.05) is 42.5 Å². The van der Waals surface area contributed by atoms with Crippen molar-refractivity contribution >= 4 is 33.0 Å². The average molecular weight is 450 g/mol. The Hall–Kier alpha value is -2.92. The van der Waals surface area contributed by atoms with Crippen LogP contribution in [0.15, 0.2) is 71.5 Å². The Morgan fingerprint density at radius 2 is 1.83 bits per heavy atom. The highest BCUT2D eigenvalue weighted by Crippen LogP contribution is 2.43. The molecule has 0 bridgehead atoms. The van der Waals surface area contributed by atoms with E-state index in [4.69, 9.17) is 4.74 Å². The van der Waals surface area contributed by atoms with Crippen LogP contribution < -0.4 is 4.74 Å². The highest BCUT2D eigenvalue weighted by Gasteiger charge is 2.22. The summed E-state index contributed by atoms with van der Waals surface area (Å²) in [4.78, 5) is 15.5. The summed E-state index contributed by atoms with van der Waals surface area (Å²) in [5, 5.41) is 9.31. The Bertz CT molecular complexity index is 1080. The fourth-order valence-corrected chi connectivity index (χ4v) is 4.04. The molecule has 3 aromatic rings. The minimum Gasteiger partial charge on any atom is -0.488 e. The number of hydrogen-bond donors (Lipinski definition) is 1. The summed E-state index contributed by atoms with van der Waals surface area (Å²) in [5.74, 6) is -0.136. The lowest BCUT2D eigenvalue weighted by Crippen LogP contribution is -2.00. The summed E-state index contributed by atoms with van der Waals surface area (Å²) < 4.78 is 7.15. The molecule has 0 saturated heterocycles. The molecule has 0 radical (unpaired) electrons. The van der Waals surface area contributed by atoms with Gasteiger partial charge in [0.05, 0.1) is 5.56 Å². The molecule has 0 atom stereocenters. The Labute approximate surface area is 178 Å². The number of pyridine rings is 1. The van der Waals surface area contributed by atoms with E-state index in [1.54, 1.807) is 12.3 Å². The van der Waals surface area contributed by atoms with Crippen molar-refractivity contribution < 1.29 is 14.6 Å². The van der Waals surface area contributed by atoms with Gasteiger partial charge in [-0.05, 0) is 65.8 Å². The van der Waals surface area contributed by atoms with Crippen molar-refractivity contribution in [2.75, 3.05) is 0 Å². The Morgan fingerprint density at radius 3 is 2.62 bits per heavy atom. The molecule has 1 N–H and O–H groups in total. The second kappa shape index (κ2) is 8.62. The molecule has 146 valence electrons. The first kappa shape index (κ1) is 19.4. The van der Waals surface area contributed by atoms with Crippen LogP contribution in [0.25, 0.3) is 11.1 Å². The van der Waals surface area contributed by atoms with E-state index in [0.717, 1.165) is 51.7 Å². The molecule has 0 spiro atoms. The number of aromatic carboxylic acids is 1. The number of aromatic nitrogens is 1. The number of hydrogen-bond acceptors (Lipinski definition) is 3. The molecule has 4 nitrogen and oxygen atoms in total. The zero-order valence-electron chi connectivity index (χ0n) is 15.8. The predicted octanol–water partition coefficient (Wildman–Crippen LogP) is 6.22. The number of nitrogens with zero attached hydrogens (tertiary/aromatic N) is 1. The van der Waals surface area contributed by atoms with Crippen LogP contribution in [-0.2, 0) is 6.61 Å². The average Bonchev–Trinajstić information content (AvgIpc) is 3.23. The summed E-state index contributed by atoms with van der Waals surface area (Å²) in [6.07, 6.45) is 5.96. The van der Waals surface area contributed by atoms with Gasteiger partial charge in [-0.15, -0.1) is 0 Å². The number of carboxylic acids is 1. The van der Waals surface area contributed by atoms with Crippen molar-refractivity contribution in [2.24, 2.45) is 0 Å². The van der Waals surface area contributed by atoms with Gasteiger partial charge in [0.15, 0.2) is 0 Å². The van der Waals surface area contributed by atoms with E-state index in [9.17, 15) is 9.90 Å². The molecular formula is C24H20BrNO3. The van der Waals surface area contributed by atoms with Crippen molar-refractivity contribution in [3.05, 3.63) is 93.7 Å². The number of halogens is 1. The molecule has 1 heterocycles. The lowest BCUT2D eigenvalue weighted by Gasteiger charge is -2.15. The van der Waals surface area contributed by atoms with Gasteiger partial charge in [-0.3, -0.25) is 4.98 Å². The predicted molar refractivity (Wildman–Crippen MR) is 117 cm³/mol. The molecule has 4 rings (SSSR count). The van der Waals surface area contributed by atoms with Crippen LogP contribution in [0.4, 0.5) is 0 Å². The minimum absolute atomic E-state index is 0.205. The van der Waals surface area contributed by atoms with Gasteiger partial charge in [-0.2, -0.15) is 0 Å². The van der Waals surface area contributed by atoms with Gasteiger partial charge < -0.3 is 9.84 Å². The first-order valence-electron chi connectivity index (χ1n) is 9.49. The van der Waals surface area contributed by atoms with Crippen LogP contribution in [-0.4, -0.2) is 16.1 Å². The van der Waals surface area contributed by atoms with Crippen LogP contribution in [0.3, 0.4) is 0 Å². The van der Waals surface area contributed by atoms with Crippen molar-refractivity contribution in [1.82, 2.24) is 4.98 Å². The van der Waals surface area contributed by atoms with E-state index < -0.39 is 5.97 Å². The van der Waals surface area contributed by atoms with Crippen LogP contribution in [0.1, 0.15) is 46.3 Å². The van der Waals surface area contributed by atoms with Crippen molar-refractivity contribution in [3.63, 3.8) is 0 Å². The van der Waals surface area contributed by atoms with E-state index in [2.05, 4.69) is 27.0 Å². The maximum Gasteiger partial charge on any atom is 0.337 e. The second-order valence-corrected chi connectivity index (χ2v) is 7.91. The quantitative estimate of drug-likeness (QED) is 0.485. The molecule has 2 aromatic carbocycles. The zero-order valence-corrected chi connectivity index (χ0v) is 17.4. The van der Waals surface area contributed by atoms with E-state index in [1.165, 1.54) is 11.8 Å². The lowest BCUT2D eigenvalue weighted by molar-refractivity contribution is 0.0696. The van der Waals surface area contributed by atoms with Gasteiger partial charge in [0, 0.05) is 22.4 Å². The fourth-order valence-electron chi connectivity index (χ4n) is 3.68. The van der Waals surface area contributed by atoms with Crippen LogP contribution >= 0.6 is 15.9 Å². The second-order valence-electron chi connectivity index (χ2n) is 6.99. The molecule has 0 amide bonds. The Balaban J connectivity index is 1.72. The molecule has 0 aliphatic heterocycles. The third kappa shape index (κ3) is 4.40. The number of rotatable bonds is 6. The lowest BCUT2D eigenvalue weighted by atomic mass is 9.96. The van der Waals surface area contributed by atoms with Gasteiger partial charge in [0.2, 0.25) is 0 Å². The molecule has 0 saturated carbocycles. The molecular weight excluding hydrogens is 430 g/mol. The minimum atomic E-state index is -0.964. The van der Waals surface area contributed by atoms with Crippen molar-refractivity contribution in [3.8, 4) is 5.75 Å². The maximum atomic E-state index is 11.4. The van der Waals surface area contributed by atoms with E-state index in [-0.39, 0.29) is 5.56 Å². The van der Waals surface area contributed by atoms with Crippen LogP contribution in [0, 0.1) is 0 Å². The topological polar surface area (TPSA) is 59.4 Å². The third-order valence-corrected chi connectivity index (χ3v) is 5.55. The Kier molecular flexibility index (Phi) is 5.76. The first-order valence-corrected chi connectivity index (χ1v) is 10.3. The SMILES string of the molecule is O=C(O)c1cncc(C2=C(c3cc(Br)ccc3OCc3ccccc3)CCC2)c1. The molecule has 1 aliphatic rings. The van der Waals surface area contributed by atoms with Crippen molar-refractivity contribution in [1.29, 1.82) is 0 Å². The summed E-state index contributed by atoms with van der Waals surface area (Å²) in [7, 11) is 0. The number of carbonyl (C=O) groups is 1. The highest BCUT2D eigenvalue weighted by atomic mass is 79.9. The van der Waals surface area contributed by atoms with Gasteiger partial charge >= 0.3 is 5.97 Å². The monoisotopic (exact) mass is 449 g/mol. The number of allylic oxidation sites excluding steroid dienone is 2. The van der Waals surface area contributed by atoms with Gasteiger partial charge in [-0.1, -0.05) is 46.3 Å². The van der Waals surface area contributed by atoms with E-state index in [0.29, 0.717) is 6.61 Å². The molecule has 1 aromatic heterocycles. The first-order chi connectivity index (χ1) is 14.1. The summed E-state index contributed by atoms with van der Waals surface area (Å²) >= 11 is 3.58. The molecule has 1 aliphatic carbocycles. The summed E-state index contributed by atoms with van der Waals surface area (Å²) in [6, 6.07) is 17.8. The molecule has 0 unspecified atom stereocenters. The molecule has 0 fully saturated rings. The van der Waals surface area contributed by atoms with Crippen molar-refractivity contribution in [2.45, 2.75) is 25.9 Å². The summed E-state index contributed by atoms with van der Waals surface area (Å²) in [6.45, 7) is 0.494. The zero-order chi connectivity index (χ0) is 20.2. The largest absolute Gasteiger partial charge is 0.488 e. The van der Waals surface area contributed by atoms with Gasteiger partial charge in [0.25, 0.3) is 0 Å². The van der Waals surface area contributed by atoms with Gasteiger partial charge in [0.1, 0.15) is 12.4 Å². The number of ether oxygens (including phenoxy) is 1. The summed E-state index contributed by atoms with van der Waals surface area (Å²) in [5.41, 5.74) is 5.56. The Morgan fingerprint density at radius 1 is 1.03 bits per heavy atom. The standard InChI is InChI=1S/C24H20BrNO3/c25-19-9-10-23(29-15-16-5-2-1-3-6-16)22(12-19)21-8-4-7-20(21)17-11-18(24(27)28)14-26-13-17/h1-3,5-6,9-14H,4,7-8,15H2,(H,27,28). The molecule has 5 heteroatoms. The van der Waals surface area contributed by atoms with E-state index >= 15 is 0 Å². The third-order valence-electron chi connectivity index (χ3n) is 5.06. The van der Waals surface area contributed by atoms with Crippen LogP contribution in [0.2, 0.25) is 0 Å². The van der Waals surface area contributed by atoms with Gasteiger partial charge in [-0.25, -0.2) is 4.79 Å². The molecule has 29 heavy (non-hydrogen) atoms. The van der Waals surface area contributed by atoms with Crippen LogP contribution in [0.5, 0.6) is 5.75 Å². The number of carboxylic acid groups (broad SMARTS) is 1. The fraction of sp³-hybridized carbons (Fsp3) is 0.167.